The second kappa shape index (κ2) is 7.77. The van der Waals surface area contributed by atoms with Crippen LogP contribution in [0.3, 0.4) is 0 Å². The van der Waals surface area contributed by atoms with Crippen molar-refractivity contribution in [1.82, 2.24) is 15.0 Å². The van der Waals surface area contributed by atoms with Gasteiger partial charge in [-0.15, -0.1) is 0 Å². The molecule has 1 heterocycles. The van der Waals surface area contributed by atoms with E-state index in [4.69, 9.17) is 25.7 Å². The summed E-state index contributed by atoms with van der Waals surface area (Å²) in [5, 5.41) is 0. The van der Waals surface area contributed by atoms with Crippen molar-refractivity contribution >= 4 is 23.9 Å². The summed E-state index contributed by atoms with van der Waals surface area (Å²) in [4.78, 5) is 23.0. The van der Waals surface area contributed by atoms with Crippen LogP contribution in [0.15, 0.2) is 24.3 Å². The first-order valence-corrected chi connectivity index (χ1v) is 6.84. The Morgan fingerprint density at radius 2 is 1.83 bits per heavy atom. The van der Waals surface area contributed by atoms with Crippen LogP contribution >= 0.6 is 0 Å². The van der Waals surface area contributed by atoms with E-state index in [9.17, 15) is 4.79 Å². The van der Waals surface area contributed by atoms with Crippen molar-refractivity contribution < 1.29 is 19.0 Å². The molecule has 0 saturated carbocycles. The lowest BCUT2D eigenvalue weighted by Crippen LogP contribution is -2.09. The lowest BCUT2D eigenvalue weighted by Gasteiger charge is -2.07. The number of nitrogen functional groups attached to an aromatic ring is 2. The lowest BCUT2D eigenvalue weighted by molar-refractivity contribution is -0.139. The smallest absolute Gasteiger partial charge is 0.331 e. The molecule has 0 aliphatic rings. The number of carbonyl (C=O) groups is 1. The van der Waals surface area contributed by atoms with Gasteiger partial charge in [0.15, 0.2) is 12.4 Å². The second-order valence-corrected chi connectivity index (χ2v) is 4.52. The Bertz CT molecular complexity index is 743. The average molecular weight is 331 g/mol. The summed E-state index contributed by atoms with van der Waals surface area (Å²) in [6, 6.07) is 5.22. The molecule has 126 valence electrons. The largest absolute Gasteiger partial charge is 0.497 e. The van der Waals surface area contributed by atoms with Crippen molar-refractivity contribution in [3.05, 3.63) is 35.7 Å². The number of benzene rings is 1. The van der Waals surface area contributed by atoms with Gasteiger partial charge in [-0.3, -0.25) is 0 Å². The van der Waals surface area contributed by atoms with Crippen LogP contribution in [0.4, 0.5) is 11.9 Å². The Kier molecular flexibility index (Phi) is 5.50. The molecule has 0 radical (unpaired) electrons. The topological polar surface area (TPSA) is 135 Å². The first kappa shape index (κ1) is 17.0. The predicted molar refractivity (Wildman–Crippen MR) is 87.0 cm³/mol. The Labute approximate surface area is 138 Å². The van der Waals surface area contributed by atoms with E-state index >= 15 is 0 Å². The minimum Gasteiger partial charge on any atom is -0.497 e. The number of aromatic nitrogens is 3. The second-order valence-electron chi connectivity index (χ2n) is 4.52. The van der Waals surface area contributed by atoms with Gasteiger partial charge in [-0.05, 0) is 24.3 Å². The van der Waals surface area contributed by atoms with Crippen LogP contribution in [0.5, 0.6) is 11.5 Å². The van der Waals surface area contributed by atoms with E-state index in [0.29, 0.717) is 17.1 Å². The Balaban J connectivity index is 2.02. The summed E-state index contributed by atoms with van der Waals surface area (Å²) in [6.07, 6.45) is 2.81. The highest BCUT2D eigenvalue weighted by molar-refractivity contribution is 5.87. The van der Waals surface area contributed by atoms with Gasteiger partial charge in [0.25, 0.3) is 0 Å². The lowest BCUT2D eigenvalue weighted by atomic mass is 10.1. The number of anilines is 2. The molecule has 9 heteroatoms. The summed E-state index contributed by atoms with van der Waals surface area (Å²) in [6.45, 7) is -0.171. The molecule has 0 atom stereocenters. The first-order valence-electron chi connectivity index (χ1n) is 6.84. The van der Waals surface area contributed by atoms with Gasteiger partial charge in [0.05, 0.1) is 14.2 Å². The van der Waals surface area contributed by atoms with Crippen LogP contribution in [-0.2, 0) is 16.1 Å². The van der Waals surface area contributed by atoms with Crippen molar-refractivity contribution in [2.45, 2.75) is 6.61 Å². The standard InChI is InChI=1S/C15H17N5O4/c1-22-10-4-5-11(23-2)9(7-10)3-6-13(21)24-8-12-18-14(16)20-15(17)19-12/h3-7H,8H2,1-2H3,(H4,16,17,18,19,20)/b6-3+. The molecule has 0 saturated heterocycles. The molecular weight excluding hydrogens is 314 g/mol. The van der Waals surface area contributed by atoms with Crippen LogP contribution in [0.1, 0.15) is 11.4 Å². The molecule has 0 amide bonds. The van der Waals surface area contributed by atoms with Crippen LogP contribution < -0.4 is 20.9 Å². The quantitative estimate of drug-likeness (QED) is 0.582. The Morgan fingerprint density at radius 1 is 1.12 bits per heavy atom. The summed E-state index contributed by atoms with van der Waals surface area (Å²) in [5.41, 5.74) is 11.5. The monoisotopic (exact) mass is 331 g/mol. The zero-order chi connectivity index (χ0) is 17.5. The number of carbonyl (C=O) groups excluding carboxylic acids is 1. The molecule has 4 N–H and O–H groups in total. The van der Waals surface area contributed by atoms with E-state index in [-0.39, 0.29) is 24.3 Å². The third-order valence-electron chi connectivity index (χ3n) is 2.90. The van der Waals surface area contributed by atoms with Crippen LogP contribution in [0, 0.1) is 0 Å². The minimum absolute atomic E-state index is 0.0368. The predicted octanol–water partition coefficient (Wildman–Crippen LogP) is 0.810. The highest BCUT2D eigenvalue weighted by Crippen LogP contribution is 2.25. The van der Waals surface area contributed by atoms with Gasteiger partial charge < -0.3 is 25.7 Å². The van der Waals surface area contributed by atoms with E-state index in [1.54, 1.807) is 31.4 Å². The molecule has 0 unspecified atom stereocenters. The average Bonchev–Trinajstić information content (AvgIpc) is 2.57. The molecule has 2 rings (SSSR count). The summed E-state index contributed by atoms with van der Waals surface area (Å²) in [7, 11) is 3.09. The number of methoxy groups -OCH3 is 2. The maximum absolute atomic E-state index is 11.8. The molecule has 0 spiro atoms. The van der Waals surface area contributed by atoms with Gasteiger partial charge in [-0.1, -0.05) is 0 Å². The zero-order valence-electron chi connectivity index (χ0n) is 13.2. The van der Waals surface area contributed by atoms with Gasteiger partial charge >= 0.3 is 5.97 Å². The molecule has 0 fully saturated rings. The fraction of sp³-hybridized carbons (Fsp3) is 0.200. The molecular formula is C15H17N5O4. The number of ether oxygens (including phenoxy) is 3. The number of rotatable bonds is 6. The van der Waals surface area contributed by atoms with Gasteiger partial charge in [0, 0.05) is 11.6 Å². The van der Waals surface area contributed by atoms with E-state index < -0.39 is 5.97 Å². The van der Waals surface area contributed by atoms with Crippen LogP contribution in [0.2, 0.25) is 0 Å². The van der Waals surface area contributed by atoms with Crippen molar-refractivity contribution in [3.63, 3.8) is 0 Å². The maximum Gasteiger partial charge on any atom is 0.331 e. The Morgan fingerprint density at radius 3 is 2.46 bits per heavy atom. The van der Waals surface area contributed by atoms with Crippen LogP contribution in [0.25, 0.3) is 6.08 Å². The van der Waals surface area contributed by atoms with E-state index in [0.717, 1.165) is 0 Å². The van der Waals surface area contributed by atoms with Gasteiger partial charge in [0.1, 0.15) is 11.5 Å². The molecule has 0 aliphatic heterocycles. The highest BCUT2D eigenvalue weighted by atomic mass is 16.5. The molecule has 9 nitrogen and oxygen atoms in total. The minimum atomic E-state index is -0.586. The number of hydrogen-bond donors (Lipinski definition) is 2. The number of hydrogen-bond acceptors (Lipinski definition) is 9. The third-order valence-corrected chi connectivity index (χ3v) is 2.90. The molecule has 24 heavy (non-hydrogen) atoms. The SMILES string of the molecule is COc1ccc(OC)c(/C=C/C(=O)OCc2nc(N)nc(N)n2)c1. The van der Waals surface area contributed by atoms with Crippen molar-refractivity contribution in [2.75, 3.05) is 25.7 Å². The van der Waals surface area contributed by atoms with Crippen molar-refractivity contribution in [3.8, 4) is 11.5 Å². The molecule has 1 aromatic heterocycles. The molecule has 1 aromatic carbocycles. The molecule has 0 bridgehead atoms. The van der Waals surface area contributed by atoms with Gasteiger partial charge in [-0.2, -0.15) is 15.0 Å². The van der Waals surface area contributed by atoms with Gasteiger partial charge in [-0.25, -0.2) is 4.79 Å². The fourth-order valence-electron chi connectivity index (χ4n) is 1.83. The van der Waals surface area contributed by atoms with Gasteiger partial charge in [0.2, 0.25) is 11.9 Å². The van der Waals surface area contributed by atoms with Crippen molar-refractivity contribution in [1.29, 1.82) is 0 Å². The maximum atomic E-state index is 11.8. The van der Waals surface area contributed by atoms with E-state index in [1.807, 2.05) is 0 Å². The van der Waals surface area contributed by atoms with E-state index in [1.165, 1.54) is 13.2 Å². The normalized spacial score (nSPS) is 10.6. The first-order chi connectivity index (χ1) is 11.5. The van der Waals surface area contributed by atoms with Crippen LogP contribution in [-0.4, -0.2) is 35.1 Å². The number of nitrogens with two attached hydrogens (primary N) is 2. The zero-order valence-corrected chi connectivity index (χ0v) is 13.2. The molecule has 2 aromatic rings. The number of nitrogens with zero attached hydrogens (tertiary/aromatic N) is 3. The summed E-state index contributed by atoms with van der Waals surface area (Å²) >= 11 is 0. The summed E-state index contributed by atoms with van der Waals surface area (Å²) < 4.78 is 15.4. The van der Waals surface area contributed by atoms with Crippen molar-refractivity contribution in [2.24, 2.45) is 0 Å². The third kappa shape index (κ3) is 4.57. The highest BCUT2D eigenvalue weighted by Gasteiger charge is 2.06. The Hall–Kier alpha value is -3.36. The number of esters is 1. The van der Waals surface area contributed by atoms with E-state index in [2.05, 4.69) is 15.0 Å². The summed E-state index contributed by atoms with van der Waals surface area (Å²) in [5.74, 6) is 0.742. The molecule has 0 aliphatic carbocycles. The fourth-order valence-corrected chi connectivity index (χ4v) is 1.83.